The van der Waals surface area contributed by atoms with Crippen LogP contribution in [-0.2, 0) is 6.42 Å². The first-order valence-electron chi connectivity index (χ1n) is 8.09. The number of carbonyl (C=O) groups is 1. The van der Waals surface area contributed by atoms with E-state index in [1.807, 2.05) is 47.3 Å². The van der Waals surface area contributed by atoms with Gasteiger partial charge in [-0.15, -0.1) is 0 Å². The number of aliphatic hydroxyl groups excluding tert-OH is 1. The Labute approximate surface area is 146 Å². The number of nitrogens with zero attached hydrogens (tertiary/aromatic N) is 1. The van der Waals surface area contributed by atoms with Crippen molar-refractivity contribution < 1.29 is 15.0 Å². The van der Waals surface area contributed by atoms with Gasteiger partial charge in [-0.1, -0.05) is 18.2 Å². The fourth-order valence-electron chi connectivity index (χ4n) is 2.66. The molecule has 0 saturated carbocycles. The van der Waals surface area contributed by atoms with Gasteiger partial charge in [0, 0.05) is 23.6 Å². The van der Waals surface area contributed by atoms with E-state index in [1.54, 1.807) is 30.3 Å². The molecule has 1 aromatic heterocycles. The number of hydrogen-bond donors (Lipinski definition) is 3. The van der Waals surface area contributed by atoms with Crippen LogP contribution < -0.4 is 5.32 Å². The zero-order valence-corrected chi connectivity index (χ0v) is 13.7. The quantitative estimate of drug-likeness (QED) is 0.647. The second kappa shape index (κ2) is 7.68. The summed E-state index contributed by atoms with van der Waals surface area (Å²) in [7, 11) is 0. The van der Waals surface area contributed by atoms with E-state index in [0.29, 0.717) is 12.0 Å². The minimum atomic E-state index is -0.396. The minimum Gasteiger partial charge on any atom is -0.508 e. The second-order valence-corrected chi connectivity index (χ2v) is 5.86. The Balaban J connectivity index is 1.69. The first-order valence-corrected chi connectivity index (χ1v) is 8.09. The van der Waals surface area contributed by atoms with Crippen LogP contribution in [0, 0.1) is 0 Å². The lowest BCUT2D eigenvalue weighted by molar-refractivity contribution is 0.0916. The highest BCUT2D eigenvalue weighted by Gasteiger charge is 2.14. The zero-order valence-electron chi connectivity index (χ0n) is 13.7. The van der Waals surface area contributed by atoms with Crippen molar-refractivity contribution >= 4 is 5.91 Å². The molecule has 0 unspecified atom stereocenters. The average Bonchev–Trinajstić information content (AvgIpc) is 3.18. The topological polar surface area (TPSA) is 74.5 Å². The van der Waals surface area contributed by atoms with Crippen molar-refractivity contribution in [2.24, 2.45) is 0 Å². The maximum absolute atomic E-state index is 12.5. The van der Waals surface area contributed by atoms with Gasteiger partial charge in [-0.25, -0.2) is 0 Å². The molecule has 128 valence electrons. The number of nitrogens with one attached hydrogen (secondary N) is 1. The van der Waals surface area contributed by atoms with E-state index in [1.165, 1.54) is 0 Å². The predicted molar refractivity (Wildman–Crippen MR) is 95.9 cm³/mol. The third-order valence-corrected chi connectivity index (χ3v) is 3.98. The summed E-state index contributed by atoms with van der Waals surface area (Å²) in [6, 6.07) is 17.5. The second-order valence-electron chi connectivity index (χ2n) is 5.86. The molecule has 0 aliphatic rings. The van der Waals surface area contributed by atoms with Gasteiger partial charge in [-0.3, -0.25) is 4.79 Å². The van der Waals surface area contributed by atoms with Crippen molar-refractivity contribution in [3.05, 3.63) is 84.2 Å². The highest BCUT2D eigenvalue weighted by atomic mass is 16.3. The fraction of sp³-hybridized carbons (Fsp3) is 0.150. The highest BCUT2D eigenvalue weighted by Crippen LogP contribution is 2.13. The van der Waals surface area contributed by atoms with E-state index in [4.69, 9.17) is 0 Å². The lowest BCUT2D eigenvalue weighted by atomic mass is 10.1. The Kier molecular flexibility index (Phi) is 5.16. The van der Waals surface area contributed by atoms with Crippen LogP contribution in [0.25, 0.3) is 5.69 Å². The van der Waals surface area contributed by atoms with Gasteiger partial charge in [0.1, 0.15) is 5.75 Å². The lowest BCUT2D eigenvalue weighted by Gasteiger charge is -2.17. The molecule has 3 N–H and O–H groups in total. The third kappa shape index (κ3) is 4.28. The van der Waals surface area contributed by atoms with Crippen molar-refractivity contribution in [2.75, 3.05) is 6.61 Å². The number of hydrogen-bond acceptors (Lipinski definition) is 3. The molecule has 0 aliphatic heterocycles. The van der Waals surface area contributed by atoms with Crippen LogP contribution in [-0.4, -0.2) is 33.3 Å². The summed E-state index contributed by atoms with van der Waals surface area (Å²) >= 11 is 0. The number of amides is 1. The molecule has 3 rings (SSSR count). The molecule has 2 aromatic carbocycles. The summed E-state index contributed by atoms with van der Waals surface area (Å²) < 4.78 is 1.93. The molecule has 0 fully saturated rings. The van der Waals surface area contributed by atoms with Gasteiger partial charge in [0.2, 0.25) is 0 Å². The first-order chi connectivity index (χ1) is 12.2. The molecule has 25 heavy (non-hydrogen) atoms. The van der Waals surface area contributed by atoms with Crippen LogP contribution in [0.4, 0.5) is 0 Å². The summed E-state index contributed by atoms with van der Waals surface area (Å²) in [6.45, 7) is -0.163. The normalized spacial score (nSPS) is 11.9. The Hall–Kier alpha value is -3.05. The van der Waals surface area contributed by atoms with Crippen LogP contribution in [0.15, 0.2) is 73.1 Å². The first kappa shape index (κ1) is 16.8. The van der Waals surface area contributed by atoms with Crippen LogP contribution in [0.3, 0.4) is 0 Å². The van der Waals surface area contributed by atoms with E-state index in [9.17, 15) is 15.0 Å². The van der Waals surface area contributed by atoms with Crippen LogP contribution >= 0.6 is 0 Å². The maximum atomic E-state index is 12.5. The molecular weight excluding hydrogens is 316 g/mol. The molecule has 0 spiro atoms. The lowest BCUT2D eigenvalue weighted by Crippen LogP contribution is -2.39. The number of phenolic OH excluding ortho intramolecular Hbond substituents is 1. The summed E-state index contributed by atoms with van der Waals surface area (Å²) in [5, 5.41) is 21.8. The molecule has 5 nitrogen and oxygen atoms in total. The van der Waals surface area contributed by atoms with Gasteiger partial charge in [0.05, 0.1) is 12.6 Å². The van der Waals surface area contributed by atoms with Gasteiger partial charge in [0.15, 0.2) is 0 Å². The van der Waals surface area contributed by atoms with Crippen molar-refractivity contribution in [1.29, 1.82) is 0 Å². The average molecular weight is 336 g/mol. The van der Waals surface area contributed by atoms with E-state index < -0.39 is 6.04 Å². The van der Waals surface area contributed by atoms with Crippen molar-refractivity contribution in [1.82, 2.24) is 9.88 Å². The standard InChI is InChI=1S/C20H20N2O3/c23-14-17(12-15-6-8-19(24)9-7-15)21-20(25)16-4-3-5-18(13-16)22-10-1-2-11-22/h1-11,13,17,23-24H,12,14H2,(H,21,25)/t17-/m0/s1. The summed E-state index contributed by atoms with van der Waals surface area (Å²) in [6.07, 6.45) is 4.32. The SMILES string of the molecule is O=C(N[C@H](CO)Cc1ccc(O)cc1)c1cccc(-n2cccc2)c1. The minimum absolute atomic E-state index is 0.163. The van der Waals surface area contributed by atoms with Crippen molar-refractivity contribution in [3.8, 4) is 11.4 Å². The molecule has 1 atom stereocenters. The molecule has 0 radical (unpaired) electrons. The molecule has 0 saturated heterocycles. The van der Waals surface area contributed by atoms with E-state index in [2.05, 4.69) is 5.32 Å². The van der Waals surface area contributed by atoms with E-state index in [-0.39, 0.29) is 18.3 Å². The molecule has 1 heterocycles. The number of carbonyl (C=O) groups excluding carboxylic acids is 1. The zero-order chi connectivity index (χ0) is 17.6. The smallest absolute Gasteiger partial charge is 0.251 e. The molecule has 1 amide bonds. The maximum Gasteiger partial charge on any atom is 0.251 e. The number of benzene rings is 2. The van der Waals surface area contributed by atoms with Crippen molar-refractivity contribution in [3.63, 3.8) is 0 Å². The monoisotopic (exact) mass is 336 g/mol. The molecule has 3 aromatic rings. The number of aromatic hydroxyl groups is 1. The number of phenols is 1. The Morgan fingerprint density at radius 2 is 1.76 bits per heavy atom. The fourth-order valence-corrected chi connectivity index (χ4v) is 2.66. The number of aliphatic hydroxyl groups is 1. The Morgan fingerprint density at radius 3 is 2.44 bits per heavy atom. The Bertz CT molecular complexity index is 826. The molecule has 0 bridgehead atoms. The van der Waals surface area contributed by atoms with Gasteiger partial charge in [-0.05, 0) is 54.4 Å². The predicted octanol–water partition coefficient (Wildman–Crippen LogP) is 2.52. The summed E-state index contributed by atoms with van der Waals surface area (Å²) in [5.74, 6) is -0.0398. The number of rotatable bonds is 6. The molecule has 5 heteroatoms. The van der Waals surface area contributed by atoms with Crippen LogP contribution in [0.5, 0.6) is 5.75 Å². The van der Waals surface area contributed by atoms with Gasteiger partial charge >= 0.3 is 0 Å². The van der Waals surface area contributed by atoms with E-state index >= 15 is 0 Å². The molecule has 0 aliphatic carbocycles. The summed E-state index contributed by atoms with van der Waals surface area (Å²) in [4.78, 5) is 12.5. The van der Waals surface area contributed by atoms with Crippen LogP contribution in [0.1, 0.15) is 15.9 Å². The third-order valence-electron chi connectivity index (χ3n) is 3.98. The van der Waals surface area contributed by atoms with E-state index in [0.717, 1.165) is 11.3 Å². The highest BCUT2D eigenvalue weighted by molar-refractivity contribution is 5.95. The van der Waals surface area contributed by atoms with Gasteiger partial charge in [-0.2, -0.15) is 0 Å². The largest absolute Gasteiger partial charge is 0.508 e. The number of aromatic nitrogens is 1. The van der Waals surface area contributed by atoms with Crippen molar-refractivity contribution in [2.45, 2.75) is 12.5 Å². The summed E-state index contributed by atoms with van der Waals surface area (Å²) in [5.41, 5.74) is 2.37. The Morgan fingerprint density at radius 1 is 1.04 bits per heavy atom. The van der Waals surface area contributed by atoms with Crippen LogP contribution in [0.2, 0.25) is 0 Å². The van der Waals surface area contributed by atoms with Gasteiger partial charge < -0.3 is 20.1 Å². The molecular formula is C20H20N2O3. The van der Waals surface area contributed by atoms with Gasteiger partial charge in [0.25, 0.3) is 5.91 Å².